The van der Waals surface area contributed by atoms with Crippen molar-refractivity contribution in [2.45, 2.75) is 39.3 Å². The van der Waals surface area contributed by atoms with E-state index in [2.05, 4.69) is 6.92 Å². The number of aliphatic imine (C=N–C) groups is 1. The van der Waals surface area contributed by atoms with Crippen LogP contribution in [0.3, 0.4) is 0 Å². The number of hydrogen-bond acceptors (Lipinski definition) is 4. The molecular formula is C21H23ClN2O2S. The fourth-order valence-corrected chi connectivity index (χ4v) is 4.28. The molecule has 27 heavy (non-hydrogen) atoms. The van der Waals surface area contributed by atoms with Gasteiger partial charge < -0.3 is 4.74 Å². The molecule has 6 heteroatoms. The zero-order chi connectivity index (χ0) is 19.4. The molecule has 3 rings (SSSR count). The maximum Gasteiger partial charge on any atom is 0.269 e. The van der Waals surface area contributed by atoms with Gasteiger partial charge in [0.15, 0.2) is 11.3 Å². The Morgan fingerprint density at radius 1 is 1.30 bits per heavy atom. The number of aryl methyl sites for hydroxylation is 1. The van der Waals surface area contributed by atoms with Gasteiger partial charge in [-0.1, -0.05) is 48.5 Å². The van der Waals surface area contributed by atoms with Crippen LogP contribution in [0.5, 0.6) is 5.75 Å². The van der Waals surface area contributed by atoms with Crippen LogP contribution in [-0.2, 0) is 4.79 Å². The number of amidine groups is 1. The van der Waals surface area contributed by atoms with E-state index < -0.39 is 6.10 Å². The fraction of sp³-hybridized carbons (Fsp3) is 0.333. The largest absolute Gasteiger partial charge is 0.481 e. The van der Waals surface area contributed by atoms with Gasteiger partial charge in [0.25, 0.3) is 5.91 Å². The lowest BCUT2D eigenvalue weighted by Gasteiger charge is -2.26. The van der Waals surface area contributed by atoms with Crippen molar-refractivity contribution in [3.63, 3.8) is 0 Å². The van der Waals surface area contributed by atoms with E-state index in [9.17, 15) is 4.79 Å². The molecule has 2 aromatic carbocycles. The molecule has 1 heterocycles. The van der Waals surface area contributed by atoms with Crippen molar-refractivity contribution in [3.8, 4) is 5.75 Å². The second-order valence-corrected chi connectivity index (χ2v) is 7.90. The molecule has 0 aromatic heterocycles. The lowest BCUT2D eigenvalue weighted by Crippen LogP contribution is -2.45. The summed E-state index contributed by atoms with van der Waals surface area (Å²) in [6.07, 6.45) is 0.264. The number of rotatable bonds is 5. The first-order chi connectivity index (χ1) is 13.0. The average molecular weight is 403 g/mol. The van der Waals surface area contributed by atoms with Crippen molar-refractivity contribution >= 4 is 40.1 Å². The van der Waals surface area contributed by atoms with Gasteiger partial charge in [0.1, 0.15) is 5.75 Å². The Bertz CT molecular complexity index is 838. The monoisotopic (exact) mass is 402 g/mol. The molecule has 0 saturated carbocycles. The van der Waals surface area contributed by atoms with Gasteiger partial charge in [-0.2, -0.15) is 0 Å². The van der Waals surface area contributed by atoms with Crippen molar-refractivity contribution < 1.29 is 9.53 Å². The smallest absolute Gasteiger partial charge is 0.269 e. The molecule has 0 unspecified atom stereocenters. The van der Waals surface area contributed by atoms with E-state index in [4.69, 9.17) is 21.3 Å². The van der Waals surface area contributed by atoms with E-state index in [0.29, 0.717) is 10.8 Å². The zero-order valence-electron chi connectivity index (χ0n) is 15.7. The first-order valence-electron chi connectivity index (χ1n) is 9.02. The van der Waals surface area contributed by atoms with Gasteiger partial charge in [0.05, 0.1) is 5.69 Å². The number of hydrogen-bond donors (Lipinski definition) is 0. The molecule has 2 aromatic rings. The Morgan fingerprint density at radius 2 is 2.00 bits per heavy atom. The topological polar surface area (TPSA) is 41.9 Å². The summed E-state index contributed by atoms with van der Waals surface area (Å²) >= 11 is 7.53. The number of thioether (sulfide) groups is 1. The maximum absolute atomic E-state index is 13.2. The van der Waals surface area contributed by atoms with Crippen molar-refractivity contribution in [1.82, 2.24) is 4.90 Å². The molecule has 1 saturated heterocycles. The molecule has 1 aliphatic heterocycles. The zero-order valence-corrected chi connectivity index (χ0v) is 17.3. The summed E-state index contributed by atoms with van der Waals surface area (Å²) in [4.78, 5) is 19.7. The molecule has 0 radical (unpaired) electrons. The SMILES string of the molecule is CC[C@H]1CSC(=Nc2ccccc2C)N1C(=O)[C@@H](C)Oc1ccc(Cl)cc1. The van der Waals surface area contributed by atoms with Crippen molar-refractivity contribution in [2.24, 2.45) is 4.99 Å². The molecule has 0 aliphatic carbocycles. The van der Waals surface area contributed by atoms with Crippen LogP contribution in [-0.4, -0.2) is 33.9 Å². The first kappa shape index (κ1) is 19.8. The number of carbonyl (C=O) groups is 1. The minimum atomic E-state index is -0.610. The summed E-state index contributed by atoms with van der Waals surface area (Å²) in [6.45, 7) is 5.89. The summed E-state index contributed by atoms with van der Waals surface area (Å²) in [6, 6.07) is 15.1. The van der Waals surface area contributed by atoms with Gasteiger partial charge in [-0.15, -0.1) is 0 Å². The molecule has 0 N–H and O–H groups in total. The van der Waals surface area contributed by atoms with Crippen LogP contribution >= 0.6 is 23.4 Å². The highest BCUT2D eigenvalue weighted by molar-refractivity contribution is 8.14. The number of amides is 1. The van der Waals surface area contributed by atoms with E-state index in [-0.39, 0.29) is 11.9 Å². The van der Waals surface area contributed by atoms with Crippen LogP contribution in [0.15, 0.2) is 53.5 Å². The van der Waals surface area contributed by atoms with Gasteiger partial charge >= 0.3 is 0 Å². The van der Waals surface area contributed by atoms with Crippen LogP contribution in [0, 0.1) is 6.92 Å². The molecule has 1 fully saturated rings. The van der Waals surface area contributed by atoms with Crippen LogP contribution in [0.2, 0.25) is 5.02 Å². The van der Waals surface area contributed by atoms with Crippen molar-refractivity contribution in [2.75, 3.05) is 5.75 Å². The number of ether oxygens (including phenoxy) is 1. The third-order valence-electron chi connectivity index (χ3n) is 4.49. The number of halogens is 1. The van der Waals surface area contributed by atoms with E-state index in [1.165, 1.54) is 0 Å². The predicted molar refractivity (Wildman–Crippen MR) is 113 cm³/mol. The van der Waals surface area contributed by atoms with Crippen molar-refractivity contribution in [3.05, 3.63) is 59.1 Å². The summed E-state index contributed by atoms with van der Waals surface area (Å²) in [7, 11) is 0. The fourth-order valence-electron chi connectivity index (χ4n) is 2.89. The second-order valence-electron chi connectivity index (χ2n) is 6.48. The Kier molecular flexibility index (Phi) is 6.45. The predicted octanol–water partition coefficient (Wildman–Crippen LogP) is 5.46. The standard InChI is InChI=1S/C21H23ClN2O2S/c1-4-17-13-27-21(23-19-8-6-5-7-14(19)2)24(17)20(25)15(3)26-18-11-9-16(22)10-12-18/h5-12,15,17H,4,13H2,1-3H3/t15-,17+/m1/s1. The van der Waals surface area contributed by atoms with Crippen molar-refractivity contribution in [1.29, 1.82) is 0 Å². The van der Waals surface area contributed by atoms with Crippen LogP contribution in [0.4, 0.5) is 5.69 Å². The Hall–Kier alpha value is -1.98. The van der Waals surface area contributed by atoms with Gasteiger partial charge in [0, 0.05) is 16.8 Å². The Labute approximate surface area is 169 Å². The minimum absolute atomic E-state index is 0.0749. The molecule has 0 spiro atoms. The lowest BCUT2D eigenvalue weighted by molar-refractivity contribution is -0.135. The normalized spacial score (nSPS) is 19.3. The number of nitrogens with zero attached hydrogens (tertiary/aromatic N) is 2. The highest BCUT2D eigenvalue weighted by atomic mass is 35.5. The number of carbonyl (C=O) groups excluding carboxylic acids is 1. The first-order valence-corrected chi connectivity index (χ1v) is 10.4. The molecule has 142 valence electrons. The van der Waals surface area contributed by atoms with E-state index in [1.807, 2.05) is 31.2 Å². The molecule has 1 aliphatic rings. The minimum Gasteiger partial charge on any atom is -0.481 e. The van der Waals surface area contributed by atoms with Gasteiger partial charge in [-0.3, -0.25) is 9.69 Å². The third-order valence-corrected chi connectivity index (χ3v) is 5.84. The number of benzene rings is 2. The summed E-state index contributed by atoms with van der Waals surface area (Å²) in [5.41, 5.74) is 1.98. The molecular weight excluding hydrogens is 380 g/mol. The van der Waals surface area contributed by atoms with Gasteiger partial charge in [0.2, 0.25) is 0 Å². The van der Waals surface area contributed by atoms with E-state index in [1.54, 1.807) is 47.9 Å². The quantitative estimate of drug-likeness (QED) is 0.667. The summed E-state index contributed by atoms with van der Waals surface area (Å²) in [5, 5.41) is 1.38. The van der Waals surface area contributed by atoms with Gasteiger partial charge in [-0.25, -0.2) is 4.99 Å². The van der Waals surface area contributed by atoms with Crippen LogP contribution in [0.25, 0.3) is 0 Å². The maximum atomic E-state index is 13.2. The van der Waals surface area contributed by atoms with E-state index in [0.717, 1.165) is 28.6 Å². The van der Waals surface area contributed by atoms with Gasteiger partial charge in [-0.05, 0) is 56.2 Å². The van der Waals surface area contributed by atoms with Crippen LogP contribution in [0.1, 0.15) is 25.8 Å². The molecule has 4 nitrogen and oxygen atoms in total. The second kappa shape index (κ2) is 8.81. The molecule has 1 amide bonds. The molecule has 2 atom stereocenters. The summed E-state index contributed by atoms with van der Waals surface area (Å²) < 4.78 is 5.84. The van der Waals surface area contributed by atoms with Crippen LogP contribution < -0.4 is 4.74 Å². The summed E-state index contributed by atoms with van der Waals surface area (Å²) in [5.74, 6) is 1.40. The lowest BCUT2D eigenvalue weighted by atomic mass is 10.2. The molecule has 0 bridgehead atoms. The Morgan fingerprint density at radius 3 is 2.67 bits per heavy atom. The average Bonchev–Trinajstić information content (AvgIpc) is 3.07. The Balaban J connectivity index is 1.82. The third kappa shape index (κ3) is 4.66. The van der Waals surface area contributed by atoms with E-state index >= 15 is 0 Å². The highest BCUT2D eigenvalue weighted by Crippen LogP contribution is 2.31. The highest BCUT2D eigenvalue weighted by Gasteiger charge is 2.37. The number of para-hydroxylation sites is 1.